The lowest BCUT2D eigenvalue weighted by Crippen LogP contribution is -2.52. The summed E-state index contributed by atoms with van der Waals surface area (Å²) < 4.78 is 5.04. The van der Waals surface area contributed by atoms with E-state index in [2.05, 4.69) is 19.2 Å². The van der Waals surface area contributed by atoms with Gasteiger partial charge in [-0.25, -0.2) is 4.79 Å². The van der Waals surface area contributed by atoms with Crippen molar-refractivity contribution in [3.05, 3.63) is 0 Å². The van der Waals surface area contributed by atoms with E-state index in [9.17, 15) is 4.79 Å². The molecule has 1 saturated heterocycles. The Bertz CT molecular complexity index is 293. The van der Waals surface area contributed by atoms with Gasteiger partial charge in [0.25, 0.3) is 0 Å². The first-order chi connectivity index (χ1) is 9.10. The van der Waals surface area contributed by atoms with Crippen LogP contribution in [0.2, 0.25) is 0 Å². The van der Waals surface area contributed by atoms with Gasteiger partial charge in [-0.3, -0.25) is 0 Å². The number of nitrogens with zero attached hydrogens (tertiary/aromatic N) is 1. The van der Waals surface area contributed by atoms with Crippen molar-refractivity contribution in [1.29, 1.82) is 0 Å². The number of rotatable bonds is 4. The second-order valence-corrected chi connectivity index (χ2v) is 6.30. The minimum absolute atomic E-state index is 0.149. The molecule has 0 aromatic rings. The van der Waals surface area contributed by atoms with E-state index in [1.165, 1.54) is 12.8 Å². The molecule has 19 heavy (non-hydrogen) atoms. The summed E-state index contributed by atoms with van der Waals surface area (Å²) >= 11 is 0. The van der Waals surface area contributed by atoms with Gasteiger partial charge in [-0.2, -0.15) is 0 Å². The van der Waals surface area contributed by atoms with Gasteiger partial charge in [-0.15, -0.1) is 0 Å². The van der Waals surface area contributed by atoms with E-state index in [0.29, 0.717) is 18.7 Å². The highest BCUT2D eigenvalue weighted by Gasteiger charge is 2.33. The average Bonchev–Trinajstić information content (AvgIpc) is 2.33. The van der Waals surface area contributed by atoms with Gasteiger partial charge in [0.15, 0.2) is 0 Å². The molecule has 0 aromatic heterocycles. The van der Waals surface area contributed by atoms with Gasteiger partial charge in [0.1, 0.15) is 0 Å². The van der Waals surface area contributed by atoms with Crippen LogP contribution in [-0.2, 0) is 4.74 Å². The predicted octanol–water partition coefficient (Wildman–Crippen LogP) is 2.63. The SMILES string of the molecule is CCOC(=O)N1CCC(NC2CC(C(C)C)C2)CC1. The van der Waals surface area contributed by atoms with Crippen molar-refractivity contribution >= 4 is 6.09 Å². The second-order valence-electron chi connectivity index (χ2n) is 6.30. The quantitative estimate of drug-likeness (QED) is 0.852. The molecule has 0 spiro atoms. The topological polar surface area (TPSA) is 41.6 Å². The molecule has 2 rings (SSSR count). The van der Waals surface area contributed by atoms with Crippen LogP contribution < -0.4 is 5.32 Å². The molecule has 1 aliphatic carbocycles. The van der Waals surface area contributed by atoms with Gasteiger partial charge in [-0.1, -0.05) is 13.8 Å². The molecule has 0 bridgehead atoms. The summed E-state index contributed by atoms with van der Waals surface area (Å²) in [6.07, 6.45) is 4.62. The summed E-state index contributed by atoms with van der Waals surface area (Å²) in [6.45, 7) is 8.62. The zero-order valence-corrected chi connectivity index (χ0v) is 12.5. The first-order valence-electron chi connectivity index (χ1n) is 7.77. The lowest BCUT2D eigenvalue weighted by atomic mass is 9.73. The van der Waals surface area contributed by atoms with Crippen LogP contribution in [0.15, 0.2) is 0 Å². The Morgan fingerprint density at radius 2 is 1.89 bits per heavy atom. The van der Waals surface area contributed by atoms with Crippen molar-refractivity contribution in [2.75, 3.05) is 19.7 Å². The van der Waals surface area contributed by atoms with E-state index in [1.807, 2.05) is 11.8 Å². The van der Waals surface area contributed by atoms with E-state index in [0.717, 1.165) is 37.8 Å². The van der Waals surface area contributed by atoms with Crippen LogP contribution in [0, 0.1) is 11.8 Å². The van der Waals surface area contributed by atoms with Crippen LogP contribution in [0.3, 0.4) is 0 Å². The maximum absolute atomic E-state index is 11.6. The molecule has 1 saturated carbocycles. The van der Waals surface area contributed by atoms with Gasteiger partial charge in [0.2, 0.25) is 0 Å². The Balaban J connectivity index is 1.63. The van der Waals surface area contributed by atoms with Crippen molar-refractivity contribution < 1.29 is 9.53 Å². The third kappa shape index (κ3) is 3.85. The van der Waals surface area contributed by atoms with Gasteiger partial charge in [-0.05, 0) is 44.4 Å². The van der Waals surface area contributed by atoms with Crippen LogP contribution in [0.1, 0.15) is 46.5 Å². The number of piperidine rings is 1. The molecule has 2 aliphatic rings. The van der Waals surface area contributed by atoms with Crippen LogP contribution >= 0.6 is 0 Å². The number of ether oxygens (including phenoxy) is 1. The van der Waals surface area contributed by atoms with Crippen molar-refractivity contribution in [1.82, 2.24) is 10.2 Å². The minimum atomic E-state index is -0.149. The normalized spacial score (nSPS) is 28.3. The Morgan fingerprint density at radius 3 is 2.42 bits per heavy atom. The van der Waals surface area contributed by atoms with E-state index >= 15 is 0 Å². The van der Waals surface area contributed by atoms with Crippen molar-refractivity contribution in [2.45, 2.75) is 58.5 Å². The summed E-state index contributed by atoms with van der Waals surface area (Å²) in [5.41, 5.74) is 0. The molecule has 1 aliphatic heterocycles. The van der Waals surface area contributed by atoms with E-state index < -0.39 is 0 Å². The molecule has 4 heteroatoms. The fraction of sp³-hybridized carbons (Fsp3) is 0.933. The fourth-order valence-electron chi connectivity index (χ4n) is 3.12. The van der Waals surface area contributed by atoms with E-state index in [1.54, 1.807) is 0 Å². The summed E-state index contributed by atoms with van der Waals surface area (Å²) in [5, 5.41) is 3.75. The van der Waals surface area contributed by atoms with Crippen LogP contribution in [0.25, 0.3) is 0 Å². The smallest absolute Gasteiger partial charge is 0.409 e. The molecular weight excluding hydrogens is 240 g/mol. The Labute approximate surface area is 116 Å². The largest absolute Gasteiger partial charge is 0.450 e. The number of amides is 1. The third-order valence-electron chi connectivity index (χ3n) is 4.61. The maximum atomic E-state index is 11.6. The summed E-state index contributed by atoms with van der Waals surface area (Å²) in [6, 6.07) is 1.30. The van der Waals surface area contributed by atoms with Crippen LogP contribution in [0.5, 0.6) is 0 Å². The molecule has 0 aromatic carbocycles. The highest BCUT2D eigenvalue weighted by atomic mass is 16.6. The monoisotopic (exact) mass is 268 g/mol. The van der Waals surface area contributed by atoms with Gasteiger partial charge >= 0.3 is 6.09 Å². The molecule has 1 amide bonds. The van der Waals surface area contributed by atoms with E-state index in [-0.39, 0.29) is 6.09 Å². The Morgan fingerprint density at radius 1 is 1.26 bits per heavy atom. The third-order valence-corrected chi connectivity index (χ3v) is 4.61. The number of carbonyl (C=O) groups is 1. The standard InChI is InChI=1S/C15H28N2O2/c1-4-19-15(18)17-7-5-13(6-8-17)16-14-9-12(10-14)11(2)3/h11-14,16H,4-10H2,1-3H3. The van der Waals surface area contributed by atoms with Gasteiger partial charge < -0.3 is 15.0 Å². The fourth-order valence-corrected chi connectivity index (χ4v) is 3.12. The zero-order valence-electron chi connectivity index (χ0n) is 12.5. The highest BCUT2D eigenvalue weighted by molar-refractivity contribution is 5.67. The van der Waals surface area contributed by atoms with E-state index in [4.69, 9.17) is 4.74 Å². The number of nitrogens with one attached hydrogen (secondary N) is 1. The average molecular weight is 268 g/mol. The zero-order chi connectivity index (χ0) is 13.8. The van der Waals surface area contributed by atoms with Crippen molar-refractivity contribution in [3.8, 4) is 0 Å². The molecule has 1 heterocycles. The molecule has 1 N–H and O–H groups in total. The Kier molecular flexibility index (Phi) is 5.08. The number of carbonyl (C=O) groups excluding carboxylic acids is 1. The molecule has 4 nitrogen and oxygen atoms in total. The molecule has 110 valence electrons. The van der Waals surface area contributed by atoms with Gasteiger partial charge in [0, 0.05) is 25.2 Å². The first kappa shape index (κ1) is 14.6. The van der Waals surface area contributed by atoms with Gasteiger partial charge in [0.05, 0.1) is 6.61 Å². The lowest BCUT2D eigenvalue weighted by Gasteiger charge is -2.42. The predicted molar refractivity (Wildman–Crippen MR) is 76.1 cm³/mol. The second kappa shape index (κ2) is 6.60. The van der Waals surface area contributed by atoms with Crippen LogP contribution in [0.4, 0.5) is 4.79 Å². The highest BCUT2D eigenvalue weighted by Crippen LogP contribution is 2.34. The van der Waals surface area contributed by atoms with Crippen LogP contribution in [-0.4, -0.2) is 42.8 Å². The molecule has 0 atom stereocenters. The maximum Gasteiger partial charge on any atom is 0.409 e. The molecule has 2 fully saturated rings. The lowest BCUT2D eigenvalue weighted by molar-refractivity contribution is 0.0885. The Hall–Kier alpha value is -0.770. The summed E-state index contributed by atoms with van der Waals surface area (Å²) in [4.78, 5) is 13.4. The minimum Gasteiger partial charge on any atom is -0.450 e. The molecule has 0 unspecified atom stereocenters. The summed E-state index contributed by atoms with van der Waals surface area (Å²) in [7, 11) is 0. The molecular formula is C15H28N2O2. The van der Waals surface area contributed by atoms with Crippen molar-refractivity contribution in [2.24, 2.45) is 11.8 Å². The summed E-state index contributed by atoms with van der Waals surface area (Å²) in [5.74, 6) is 1.74. The first-order valence-corrected chi connectivity index (χ1v) is 7.77. The number of hydrogen-bond acceptors (Lipinski definition) is 3. The number of likely N-dealkylation sites (tertiary alicyclic amines) is 1. The van der Waals surface area contributed by atoms with Crippen molar-refractivity contribution in [3.63, 3.8) is 0 Å². The number of hydrogen-bond donors (Lipinski definition) is 1. The molecule has 0 radical (unpaired) electrons.